The predicted octanol–water partition coefficient (Wildman–Crippen LogP) is 3.58. The number of rotatable bonds is 6. The molecule has 0 aliphatic carbocycles. The summed E-state index contributed by atoms with van der Waals surface area (Å²) < 4.78 is 11.3. The summed E-state index contributed by atoms with van der Waals surface area (Å²) in [7, 11) is 0. The number of aryl methyl sites for hydroxylation is 1. The van der Waals surface area contributed by atoms with Crippen LogP contribution < -0.4 is 4.74 Å². The van der Waals surface area contributed by atoms with E-state index in [0.29, 0.717) is 0 Å². The van der Waals surface area contributed by atoms with Crippen molar-refractivity contribution < 1.29 is 9.47 Å². The zero-order chi connectivity index (χ0) is 12.0. The third-order valence-electron chi connectivity index (χ3n) is 2.47. The molecule has 0 heterocycles. The molecule has 0 N–H and O–H groups in total. The van der Waals surface area contributed by atoms with E-state index in [1.807, 2.05) is 19.1 Å². The fraction of sp³-hybridized carbons (Fsp3) is 0.571. The maximum atomic E-state index is 5.92. The van der Waals surface area contributed by atoms with Gasteiger partial charge in [-0.25, -0.2) is 0 Å². The normalized spacial score (nSPS) is 11.5. The van der Waals surface area contributed by atoms with Crippen molar-refractivity contribution >= 4 is 0 Å². The lowest BCUT2D eigenvalue weighted by Gasteiger charge is -2.26. The lowest BCUT2D eigenvalue weighted by molar-refractivity contribution is 0.0505. The smallest absolute Gasteiger partial charge is 0.120 e. The number of ether oxygens (including phenoxy) is 2. The Kier molecular flexibility index (Phi) is 4.81. The third kappa shape index (κ3) is 4.67. The second-order valence-corrected chi connectivity index (χ2v) is 4.62. The van der Waals surface area contributed by atoms with Gasteiger partial charge in [-0.1, -0.05) is 17.7 Å². The van der Waals surface area contributed by atoms with Gasteiger partial charge in [0.1, 0.15) is 11.4 Å². The average Bonchev–Trinajstić information content (AvgIpc) is 2.21. The van der Waals surface area contributed by atoms with Gasteiger partial charge in [-0.15, -0.1) is 0 Å². The maximum Gasteiger partial charge on any atom is 0.120 e. The van der Waals surface area contributed by atoms with Crippen LogP contribution in [-0.2, 0) is 4.74 Å². The van der Waals surface area contributed by atoms with E-state index in [1.54, 1.807) is 0 Å². The predicted molar refractivity (Wildman–Crippen MR) is 67.0 cm³/mol. The van der Waals surface area contributed by atoms with Crippen LogP contribution in [0.4, 0.5) is 0 Å². The summed E-state index contributed by atoms with van der Waals surface area (Å²) in [6.45, 7) is 9.77. The molecule has 0 saturated carbocycles. The molecule has 2 nitrogen and oxygen atoms in total. The van der Waals surface area contributed by atoms with E-state index in [0.717, 1.165) is 25.4 Å². The molecule has 0 atom stereocenters. The van der Waals surface area contributed by atoms with Crippen molar-refractivity contribution in [3.63, 3.8) is 0 Å². The van der Waals surface area contributed by atoms with E-state index in [-0.39, 0.29) is 5.60 Å². The van der Waals surface area contributed by atoms with Gasteiger partial charge in [0.05, 0.1) is 6.61 Å². The molecule has 1 aromatic carbocycles. The van der Waals surface area contributed by atoms with E-state index in [4.69, 9.17) is 9.47 Å². The zero-order valence-corrected chi connectivity index (χ0v) is 10.7. The molecule has 1 aromatic rings. The van der Waals surface area contributed by atoms with Crippen LogP contribution >= 0.6 is 0 Å². The van der Waals surface area contributed by atoms with Gasteiger partial charge in [0.15, 0.2) is 0 Å². The van der Waals surface area contributed by atoms with Gasteiger partial charge >= 0.3 is 0 Å². The van der Waals surface area contributed by atoms with Crippen molar-refractivity contribution in [1.29, 1.82) is 0 Å². The minimum atomic E-state index is -0.176. The molecule has 0 radical (unpaired) electrons. The molecule has 1 rings (SSSR count). The van der Waals surface area contributed by atoms with E-state index in [9.17, 15) is 0 Å². The van der Waals surface area contributed by atoms with E-state index >= 15 is 0 Å². The van der Waals surface area contributed by atoms with Crippen LogP contribution in [0, 0.1) is 6.92 Å². The van der Waals surface area contributed by atoms with Crippen molar-refractivity contribution in [1.82, 2.24) is 0 Å². The van der Waals surface area contributed by atoms with Crippen LogP contribution in [0.2, 0.25) is 0 Å². The first-order valence-corrected chi connectivity index (χ1v) is 5.87. The van der Waals surface area contributed by atoms with Crippen LogP contribution in [0.15, 0.2) is 24.3 Å². The zero-order valence-electron chi connectivity index (χ0n) is 10.7. The summed E-state index contributed by atoms with van der Waals surface area (Å²) in [5, 5.41) is 0. The van der Waals surface area contributed by atoms with Gasteiger partial charge < -0.3 is 9.47 Å². The van der Waals surface area contributed by atoms with Gasteiger partial charge in [-0.2, -0.15) is 0 Å². The summed E-state index contributed by atoms with van der Waals surface area (Å²) in [6, 6.07) is 8.15. The lowest BCUT2D eigenvalue weighted by atomic mass is 10.1. The molecule has 0 aliphatic heterocycles. The van der Waals surface area contributed by atoms with E-state index < -0.39 is 0 Å². The average molecular weight is 222 g/mol. The highest BCUT2D eigenvalue weighted by Crippen LogP contribution is 2.21. The summed E-state index contributed by atoms with van der Waals surface area (Å²) in [6.07, 6.45) is 0.898. The Morgan fingerprint density at radius 3 is 2.31 bits per heavy atom. The van der Waals surface area contributed by atoms with Crippen LogP contribution in [0.5, 0.6) is 5.75 Å². The van der Waals surface area contributed by atoms with Crippen LogP contribution in [0.25, 0.3) is 0 Å². The quantitative estimate of drug-likeness (QED) is 0.685. The van der Waals surface area contributed by atoms with Crippen molar-refractivity contribution in [3.8, 4) is 5.75 Å². The molecule has 0 aromatic heterocycles. The molecule has 0 bridgehead atoms. The van der Waals surface area contributed by atoms with E-state index in [2.05, 4.69) is 32.9 Å². The van der Waals surface area contributed by atoms with Gasteiger partial charge in [0, 0.05) is 13.0 Å². The van der Waals surface area contributed by atoms with Crippen molar-refractivity contribution in [3.05, 3.63) is 29.8 Å². The summed E-state index contributed by atoms with van der Waals surface area (Å²) in [4.78, 5) is 0. The molecular formula is C14H22O2. The largest absolute Gasteiger partial charge is 0.488 e. The standard InChI is InChI=1S/C14H22O2/c1-5-15-11-10-14(3,4)16-13-8-6-12(2)7-9-13/h6-9H,5,10-11H2,1-4H3. The van der Waals surface area contributed by atoms with Crippen molar-refractivity contribution in [2.45, 2.75) is 39.7 Å². The second kappa shape index (κ2) is 5.90. The minimum absolute atomic E-state index is 0.176. The SMILES string of the molecule is CCOCCC(C)(C)Oc1ccc(C)cc1. The Labute approximate surface area is 98.6 Å². The minimum Gasteiger partial charge on any atom is -0.488 e. The molecule has 0 aliphatic rings. The molecule has 0 fully saturated rings. The molecule has 2 heteroatoms. The van der Waals surface area contributed by atoms with Crippen LogP contribution in [-0.4, -0.2) is 18.8 Å². The lowest BCUT2D eigenvalue weighted by Crippen LogP contribution is -2.29. The summed E-state index contributed by atoms with van der Waals surface area (Å²) >= 11 is 0. The highest BCUT2D eigenvalue weighted by Gasteiger charge is 2.19. The highest BCUT2D eigenvalue weighted by molar-refractivity contribution is 5.26. The van der Waals surface area contributed by atoms with Crippen molar-refractivity contribution in [2.24, 2.45) is 0 Å². The number of benzene rings is 1. The summed E-state index contributed by atoms with van der Waals surface area (Å²) in [5.74, 6) is 0.923. The Morgan fingerprint density at radius 2 is 1.75 bits per heavy atom. The molecule has 0 spiro atoms. The second-order valence-electron chi connectivity index (χ2n) is 4.62. The first-order chi connectivity index (χ1) is 7.53. The third-order valence-corrected chi connectivity index (χ3v) is 2.47. The Bertz CT molecular complexity index is 301. The van der Waals surface area contributed by atoms with Gasteiger partial charge in [0.25, 0.3) is 0 Å². The fourth-order valence-electron chi connectivity index (χ4n) is 1.44. The number of hydrogen-bond donors (Lipinski definition) is 0. The molecule has 0 unspecified atom stereocenters. The monoisotopic (exact) mass is 222 g/mol. The highest BCUT2D eigenvalue weighted by atomic mass is 16.5. The summed E-state index contributed by atoms with van der Waals surface area (Å²) in [5.41, 5.74) is 1.07. The topological polar surface area (TPSA) is 18.5 Å². The first-order valence-electron chi connectivity index (χ1n) is 5.87. The van der Waals surface area contributed by atoms with Gasteiger partial charge in [-0.3, -0.25) is 0 Å². The van der Waals surface area contributed by atoms with Crippen molar-refractivity contribution in [2.75, 3.05) is 13.2 Å². The maximum absolute atomic E-state index is 5.92. The fourth-order valence-corrected chi connectivity index (χ4v) is 1.44. The van der Waals surface area contributed by atoms with Crippen LogP contribution in [0.1, 0.15) is 32.8 Å². The molecule has 0 amide bonds. The van der Waals surface area contributed by atoms with E-state index in [1.165, 1.54) is 5.56 Å². The van der Waals surface area contributed by atoms with Gasteiger partial charge in [0.2, 0.25) is 0 Å². The molecule has 16 heavy (non-hydrogen) atoms. The Morgan fingerprint density at radius 1 is 1.12 bits per heavy atom. The van der Waals surface area contributed by atoms with Crippen LogP contribution in [0.3, 0.4) is 0 Å². The molecular weight excluding hydrogens is 200 g/mol. The Balaban J connectivity index is 2.48. The Hall–Kier alpha value is -1.02. The molecule has 0 saturated heterocycles. The van der Waals surface area contributed by atoms with Gasteiger partial charge in [-0.05, 0) is 39.8 Å². The molecule has 90 valence electrons. The first kappa shape index (κ1) is 13.0. The number of hydrogen-bond acceptors (Lipinski definition) is 2.